The Kier molecular flexibility index (Phi) is 5.13. The second-order valence-corrected chi connectivity index (χ2v) is 7.98. The Morgan fingerprint density at radius 1 is 1.17 bits per heavy atom. The highest BCUT2D eigenvalue weighted by Gasteiger charge is 2.36. The molecule has 1 aliphatic heterocycles. The summed E-state index contributed by atoms with van der Waals surface area (Å²) in [6, 6.07) is 7.21. The van der Waals surface area contributed by atoms with E-state index in [4.69, 9.17) is 0 Å². The van der Waals surface area contributed by atoms with Crippen molar-refractivity contribution in [1.82, 2.24) is 29.9 Å². The molecule has 1 N–H and O–H groups in total. The van der Waals surface area contributed by atoms with E-state index in [-0.39, 0.29) is 37.8 Å². The molecule has 7 nitrogen and oxygen atoms in total. The first-order valence-corrected chi connectivity index (χ1v) is 10.0. The van der Waals surface area contributed by atoms with Gasteiger partial charge in [0.25, 0.3) is 11.8 Å². The minimum Gasteiger partial charge on any atom is -0.338 e. The number of rotatable bonds is 4. The van der Waals surface area contributed by atoms with Crippen LogP contribution in [0.1, 0.15) is 54.5 Å². The van der Waals surface area contributed by atoms with Gasteiger partial charge in [-0.1, -0.05) is 19.9 Å². The maximum absolute atomic E-state index is 13.5. The monoisotopic (exact) mass is 414 g/mol. The maximum Gasteiger partial charge on any atom is 0.256 e. The molecule has 1 aliphatic rings. The van der Waals surface area contributed by atoms with E-state index in [1.54, 1.807) is 23.0 Å². The van der Waals surface area contributed by atoms with Crippen LogP contribution in [0.5, 0.6) is 0 Å². The number of likely N-dealkylation sites (tertiary alicyclic amines) is 1. The highest BCUT2D eigenvalue weighted by Crippen LogP contribution is 2.30. The lowest BCUT2D eigenvalue weighted by Gasteiger charge is -2.32. The number of nitrogens with zero attached hydrogens (tertiary/aromatic N) is 5. The molecule has 0 bridgehead atoms. The Hall–Kier alpha value is -3.10. The summed E-state index contributed by atoms with van der Waals surface area (Å²) in [5.41, 5.74) is 2.65. The smallest absolute Gasteiger partial charge is 0.256 e. The minimum absolute atomic E-state index is 0.0324. The van der Waals surface area contributed by atoms with Crippen molar-refractivity contribution in [3.05, 3.63) is 47.5 Å². The van der Waals surface area contributed by atoms with Crippen LogP contribution in [0.2, 0.25) is 0 Å². The Morgan fingerprint density at radius 3 is 2.50 bits per heavy atom. The summed E-state index contributed by atoms with van der Waals surface area (Å²) in [5.74, 6) is -1.48. The molecule has 3 heterocycles. The molecular formula is C21H24F2N6O. The van der Waals surface area contributed by atoms with Crippen LogP contribution in [-0.2, 0) is 0 Å². The van der Waals surface area contributed by atoms with Gasteiger partial charge in [-0.25, -0.2) is 13.5 Å². The summed E-state index contributed by atoms with van der Waals surface area (Å²) < 4.78 is 28.7. The SMILES string of the molecule is Cc1nnc(-c2ccc(C(=O)N3CCC(F)(F)CC3)c(-n3ccc(C(C)C)n3)c2)[nH]1. The van der Waals surface area contributed by atoms with Crippen molar-refractivity contribution >= 4 is 5.91 Å². The first-order chi connectivity index (χ1) is 14.2. The van der Waals surface area contributed by atoms with Crippen molar-refractivity contribution < 1.29 is 13.6 Å². The van der Waals surface area contributed by atoms with Crippen LogP contribution in [0.25, 0.3) is 17.1 Å². The van der Waals surface area contributed by atoms with E-state index in [0.717, 1.165) is 11.3 Å². The lowest BCUT2D eigenvalue weighted by atomic mass is 10.0. The molecule has 2 aromatic heterocycles. The summed E-state index contributed by atoms with van der Waals surface area (Å²) in [7, 11) is 0. The molecule has 1 fully saturated rings. The highest BCUT2D eigenvalue weighted by atomic mass is 19.3. The van der Waals surface area contributed by atoms with Crippen LogP contribution in [-0.4, -0.2) is 54.8 Å². The van der Waals surface area contributed by atoms with Crippen LogP contribution in [0.15, 0.2) is 30.5 Å². The zero-order chi connectivity index (χ0) is 21.5. The quantitative estimate of drug-likeness (QED) is 0.701. The van der Waals surface area contributed by atoms with Crippen molar-refractivity contribution in [1.29, 1.82) is 0 Å². The predicted molar refractivity (Wildman–Crippen MR) is 108 cm³/mol. The number of nitrogens with one attached hydrogen (secondary N) is 1. The number of aromatic amines is 1. The van der Waals surface area contributed by atoms with Crippen LogP contribution in [0.4, 0.5) is 8.78 Å². The van der Waals surface area contributed by atoms with Gasteiger partial charge in [-0.05, 0) is 31.0 Å². The molecule has 0 radical (unpaired) electrons. The van der Waals surface area contributed by atoms with E-state index in [9.17, 15) is 13.6 Å². The van der Waals surface area contributed by atoms with Crippen LogP contribution in [0, 0.1) is 6.92 Å². The number of amides is 1. The van der Waals surface area contributed by atoms with Gasteiger partial charge in [-0.15, -0.1) is 10.2 Å². The fourth-order valence-corrected chi connectivity index (χ4v) is 3.51. The zero-order valence-electron chi connectivity index (χ0n) is 17.2. The topological polar surface area (TPSA) is 79.7 Å². The number of piperidine rings is 1. The van der Waals surface area contributed by atoms with Crippen LogP contribution < -0.4 is 0 Å². The van der Waals surface area contributed by atoms with Crippen molar-refractivity contribution in [3.63, 3.8) is 0 Å². The van der Waals surface area contributed by atoms with Gasteiger partial charge in [-0.3, -0.25) is 4.79 Å². The number of carbonyl (C=O) groups excluding carboxylic acids is 1. The van der Waals surface area contributed by atoms with Crippen LogP contribution in [0.3, 0.4) is 0 Å². The molecule has 1 amide bonds. The second-order valence-electron chi connectivity index (χ2n) is 7.98. The van der Waals surface area contributed by atoms with Crippen LogP contribution >= 0.6 is 0 Å². The predicted octanol–water partition coefficient (Wildman–Crippen LogP) is 3.96. The Labute approximate surface area is 173 Å². The largest absolute Gasteiger partial charge is 0.338 e. The average molecular weight is 414 g/mol. The number of halogens is 2. The number of hydrogen-bond donors (Lipinski definition) is 1. The number of carbonyl (C=O) groups is 1. The number of hydrogen-bond acceptors (Lipinski definition) is 4. The van der Waals surface area contributed by atoms with E-state index in [2.05, 4.69) is 20.3 Å². The molecule has 9 heteroatoms. The van der Waals surface area contributed by atoms with Gasteiger partial charge >= 0.3 is 0 Å². The molecule has 0 unspecified atom stereocenters. The van der Waals surface area contributed by atoms with Gasteiger partial charge in [-0.2, -0.15) is 5.10 Å². The molecule has 0 atom stereocenters. The lowest BCUT2D eigenvalue weighted by molar-refractivity contribution is -0.0494. The molecular weight excluding hydrogens is 390 g/mol. The van der Waals surface area contributed by atoms with E-state index < -0.39 is 5.92 Å². The third-order valence-electron chi connectivity index (χ3n) is 5.33. The first kappa shape index (κ1) is 20.2. The second kappa shape index (κ2) is 7.62. The molecule has 30 heavy (non-hydrogen) atoms. The molecule has 1 saturated heterocycles. The van der Waals surface area contributed by atoms with Gasteiger partial charge in [0.15, 0.2) is 5.82 Å². The Bertz CT molecular complexity index is 1060. The summed E-state index contributed by atoms with van der Waals surface area (Å²) in [5, 5.41) is 12.7. The van der Waals surface area contributed by atoms with Gasteiger partial charge in [0.1, 0.15) is 5.82 Å². The fourth-order valence-electron chi connectivity index (χ4n) is 3.51. The van der Waals surface area contributed by atoms with Crippen molar-refractivity contribution in [2.75, 3.05) is 13.1 Å². The molecule has 3 aromatic rings. The number of H-pyrrole nitrogens is 1. The molecule has 4 rings (SSSR count). The van der Waals surface area contributed by atoms with E-state index in [0.29, 0.717) is 22.9 Å². The third-order valence-corrected chi connectivity index (χ3v) is 5.33. The van der Waals surface area contributed by atoms with Gasteiger partial charge < -0.3 is 9.88 Å². The number of aryl methyl sites for hydroxylation is 1. The average Bonchev–Trinajstić information content (AvgIpc) is 3.36. The maximum atomic E-state index is 13.5. The first-order valence-electron chi connectivity index (χ1n) is 10.0. The molecule has 0 saturated carbocycles. The standard InChI is InChI=1S/C21H24F2N6O/c1-13(2)17-6-9-29(27-17)18-12-15(19-24-14(3)25-26-19)4-5-16(18)20(30)28-10-7-21(22,23)8-11-28/h4-6,9,12-13H,7-8,10-11H2,1-3H3,(H,24,25,26). The molecule has 1 aromatic carbocycles. The van der Waals surface area contributed by atoms with Crippen molar-refractivity contribution in [2.45, 2.75) is 45.5 Å². The van der Waals surface area contributed by atoms with Crippen molar-refractivity contribution in [3.8, 4) is 17.1 Å². The van der Waals surface area contributed by atoms with Gasteiger partial charge in [0, 0.05) is 37.7 Å². The lowest BCUT2D eigenvalue weighted by Crippen LogP contribution is -2.43. The summed E-state index contributed by atoms with van der Waals surface area (Å²) >= 11 is 0. The van der Waals surface area contributed by atoms with Crippen molar-refractivity contribution in [2.24, 2.45) is 0 Å². The van der Waals surface area contributed by atoms with Gasteiger partial charge in [0.05, 0.1) is 16.9 Å². The van der Waals surface area contributed by atoms with E-state index >= 15 is 0 Å². The fraction of sp³-hybridized carbons (Fsp3) is 0.429. The summed E-state index contributed by atoms with van der Waals surface area (Å²) in [4.78, 5) is 17.8. The highest BCUT2D eigenvalue weighted by molar-refractivity contribution is 5.98. The number of aromatic nitrogens is 5. The van der Waals surface area contributed by atoms with E-state index in [1.165, 1.54) is 4.90 Å². The Morgan fingerprint density at radius 2 is 1.90 bits per heavy atom. The summed E-state index contributed by atoms with van der Waals surface area (Å²) in [6.45, 7) is 5.96. The Balaban J connectivity index is 1.74. The summed E-state index contributed by atoms with van der Waals surface area (Å²) in [6.07, 6.45) is 1.17. The van der Waals surface area contributed by atoms with Gasteiger partial charge in [0.2, 0.25) is 0 Å². The molecule has 158 valence electrons. The number of benzene rings is 1. The molecule has 0 aliphatic carbocycles. The zero-order valence-corrected chi connectivity index (χ0v) is 17.2. The normalized spacial score (nSPS) is 16.3. The molecule has 0 spiro atoms. The third kappa shape index (κ3) is 3.96. The minimum atomic E-state index is -2.71. The van der Waals surface area contributed by atoms with E-state index in [1.807, 2.05) is 32.9 Å². The number of alkyl halides is 2.